The summed E-state index contributed by atoms with van der Waals surface area (Å²) in [6.45, 7) is 1.81. The van der Waals surface area contributed by atoms with Gasteiger partial charge in [-0.25, -0.2) is 14.8 Å². The zero-order valence-corrected chi connectivity index (χ0v) is 11.3. The fraction of sp³-hybridized carbons (Fsp3) is 0.312. The molecule has 0 aliphatic heterocycles. The summed E-state index contributed by atoms with van der Waals surface area (Å²) in [6, 6.07) is 9.91. The van der Waals surface area contributed by atoms with Crippen molar-refractivity contribution in [2.45, 2.75) is 32.1 Å². The molecule has 0 saturated heterocycles. The lowest BCUT2D eigenvalue weighted by molar-refractivity contribution is 0.0689. The molecule has 0 saturated carbocycles. The van der Waals surface area contributed by atoms with Crippen molar-refractivity contribution in [3.63, 3.8) is 0 Å². The van der Waals surface area contributed by atoms with Gasteiger partial charge >= 0.3 is 5.97 Å². The lowest BCUT2D eigenvalue weighted by Crippen LogP contribution is -2.17. The quantitative estimate of drug-likeness (QED) is 0.909. The van der Waals surface area contributed by atoms with Gasteiger partial charge < -0.3 is 5.11 Å². The fourth-order valence-electron chi connectivity index (χ4n) is 2.80. The number of aromatic nitrogens is 2. The molecule has 4 heteroatoms. The molecule has 2 aromatic rings. The van der Waals surface area contributed by atoms with Gasteiger partial charge in [-0.15, -0.1) is 0 Å². The Hall–Kier alpha value is -2.23. The molecule has 3 rings (SSSR count). The number of carbonyl (C=O) groups is 1. The molecule has 0 bridgehead atoms. The molecule has 0 spiro atoms. The van der Waals surface area contributed by atoms with E-state index in [9.17, 15) is 4.79 Å². The van der Waals surface area contributed by atoms with E-state index in [2.05, 4.69) is 28.2 Å². The van der Waals surface area contributed by atoms with E-state index in [4.69, 9.17) is 5.11 Å². The van der Waals surface area contributed by atoms with Crippen molar-refractivity contribution in [1.29, 1.82) is 0 Å². The minimum absolute atomic E-state index is 0.0892. The summed E-state index contributed by atoms with van der Waals surface area (Å²) in [5.74, 6) is -0.118. The van der Waals surface area contributed by atoms with Crippen LogP contribution in [0, 0.1) is 6.92 Å². The van der Waals surface area contributed by atoms with Gasteiger partial charge in [0.05, 0.1) is 0 Å². The van der Waals surface area contributed by atoms with Crippen LogP contribution in [0.5, 0.6) is 0 Å². The Kier molecular flexibility index (Phi) is 3.22. The lowest BCUT2D eigenvalue weighted by Gasteiger charge is -2.23. The van der Waals surface area contributed by atoms with E-state index >= 15 is 0 Å². The number of carboxylic acids is 1. The maximum atomic E-state index is 11.1. The number of aryl methyl sites for hydroxylation is 2. The molecule has 20 heavy (non-hydrogen) atoms. The van der Waals surface area contributed by atoms with Gasteiger partial charge in [-0.05, 0) is 43.4 Å². The van der Waals surface area contributed by atoms with Crippen molar-refractivity contribution in [3.05, 3.63) is 58.7 Å². The largest absolute Gasteiger partial charge is 0.477 e. The second-order valence-electron chi connectivity index (χ2n) is 5.27. The Morgan fingerprint density at radius 2 is 2.00 bits per heavy atom. The van der Waals surface area contributed by atoms with Crippen molar-refractivity contribution < 1.29 is 9.90 Å². The molecule has 1 aromatic carbocycles. The standard InChI is InChI=1S/C16H16N2O2/c1-10-8-14(16(19)20)18-15(17-10)13-7-6-11-4-2-3-5-12(11)9-13/h2-5,8,13H,6-7,9H2,1H3,(H,19,20). The van der Waals surface area contributed by atoms with Crippen molar-refractivity contribution in [3.8, 4) is 0 Å². The maximum Gasteiger partial charge on any atom is 0.354 e. The Balaban J connectivity index is 1.93. The maximum absolute atomic E-state index is 11.1. The molecular weight excluding hydrogens is 252 g/mol. The highest BCUT2D eigenvalue weighted by Gasteiger charge is 2.23. The highest BCUT2D eigenvalue weighted by atomic mass is 16.4. The Morgan fingerprint density at radius 3 is 2.75 bits per heavy atom. The molecule has 1 atom stereocenters. The van der Waals surface area contributed by atoms with Gasteiger partial charge in [0.2, 0.25) is 0 Å². The number of fused-ring (bicyclic) bond motifs is 1. The van der Waals surface area contributed by atoms with Gasteiger partial charge in [-0.1, -0.05) is 24.3 Å². The molecule has 1 aromatic heterocycles. The third-order valence-electron chi connectivity index (χ3n) is 3.80. The number of carboxylic acid groups (broad SMARTS) is 1. The lowest BCUT2D eigenvalue weighted by atomic mass is 9.83. The summed E-state index contributed by atoms with van der Waals surface area (Å²) in [4.78, 5) is 19.8. The SMILES string of the molecule is Cc1cc(C(=O)O)nc(C2CCc3ccccc3C2)n1. The zero-order valence-electron chi connectivity index (χ0n) is 11.3. The number of benzene rings is 1. The zero-order chi connectivity index (χ0) is 14.1. The first-order chi connectivity index (χ1) is 9.63. The van der Waals surface area contributed by atoms with E-state index in [0.29, 0.717) is 11.5 Å². The van der Waals surface area contributed by atoms with E-state index in [1.807, 2.05) is 13.0 Å². The van der Waals surface area contributed by atoms with E-state index in [0.717, 1.165) is 19.3 Å². The van der Waals surface area contributed by atoms with Crippen molar-refractivity contribution >= 4 is 5.97 Å². The smallest absolute Gasteiger partial charge is 0.354 e. The monoisotopic (exact) mass is 268 g/mol. The Morgan fingerprint density at radius 1 is 1.25 bits per heavy atom. The number of aromatic carboxylic acids is 1. The first-order valence-electron chi connectivity index (χ1n) is 6.79. The Bertz CT molecular complexity index is 667. The predicted molar refractivity (Wildman–Crippen MR) is 74.9 cm³/mol. The summed E-state index contributed by atoms with van der Waals surface area (Å²) in [5, 5.41) is 9.10. The highest BCUT2D eigenvalue weighted by molar-refractivity contribution is 5.85. The summed E-state index contributed by atoms with van der Waals surface area (Å²) >= 11 is 0. The Labute approximate surface area is 117 Å². The minimum atomic E-state index is -0.993. The second kappa shape index (κ2) is 5.04. The molecule has 1 N–H and O–H groups in total. The van der Waals surface area contributed by atoms with Crippen LogP contribution in [0.15, 0.2) is 30.3 Å². The topological polar surface area (TPSA) is 63.1 Å². The molecule has 1 unspecified atom stereocenters. The van der Waals surface area contributed by atoms with Crippen molar-refractivity contribution in [2.75, 3.05) is 0 Å². The molecule has 4 nitrogen and oxygen atoms in total. The van der Waals surface area contributed by atoms with E-state index < -0.39 is 5.97 Å². The highest BCUT2D eigenvalue weighted by Crippen LogP contribution is 2.31. The van der Waals surface area contributed by atoms with Crippen molar-refractivity contribution in [2.24, 2.45) is 0 Å². The summed E-state index contributed by atoms with van der Waals surface area (Å²) in [5.41, 5.74) is 3.51. The van der Waals surface area contributed by atoms with E-state index in [1.165, 1.54) is 17.2 Å². The molecule has 0 radical (unpaired) electrons. The molecule has 102 valence electrons. The van der Waals surface area contributed by atoms with Gasteiger partial charge in [0.15, 0.2) is 5.69 Å². The van der Waals surface area contributed by atoms with Crippen LogP contribution in [0.4, 0.5) is 0 Å². The molecule has 0 fully saturated rings. The van der Waals surface area contributed by atoms with Gasteiger partial charge in [0.25, 0.3) is 0 Å². The fourth-order valence-corrected chi connectivity index (χ4v) is 2.80. The first-order valence-corrected chi connectivity index (χ1v) is 6.79. The average molecular weight is 268 g/mol. The van der Waals surface area contributed by atoms with Crippen LogP contribution < -0.4 is 0 Å². The normalized spacial score (nSPS) is 17.6. The van der Waals surface area contributed by atoms with E-state index in [1.54, 1.807) is 0 Å². The van der Waals surface area contributed by atoms with Crippen molar-refractivity contribution in [1.82, 2.24) is 9.97 Å². The summed E-state index contributed by atoms with van der Waals surface area (Å²) < 4.78 is 0. The number of hydrogen-bond acceptors (Lipinski definition) is 3. The van der Waals surface area contributed by atoms with Crippen LogP contribution in [0.25, 0.3) is 0 Å². The van der Waals surface area contributed by atoms with Crippen LogP contribution in [-0.2, 0) is 12.8 Å². The molecule has 1 heterocycles. The van der Waals surface area contributed by atoms with Gasteiger partial charge in [-0.2, -0.15) is 0 Å². The van der Waals surface area contributed by atoms with Gasteiger partial charge in [0, 0.05) is 11.6 Å². The predicted octanol–water partition coefficient (Wildman–Crippen LogP) is 2.76. The second-order valence-corrected chi connectivity index (χ2v) is 5.27. The number of nitrogens with zero attached hydrogens (tertiary/aromatic N) is 2. The van der Waals surface area contributed by atoms with Crippen LogP contribution in [0.1, 0.15) is 45.5 Å². The van der Waals surface area contributed by atoms with Crippen LogP contribution in [0.3, 0.4) is 0 Å². The van der Waals surface area contributed by atoms with Gasteiger partial charge in [-0.3, -0.25) is 0 Å². The van der Waals surface area contributed by atoms with Crippen LogP contribution in [-0.4, -0.2) is 21.0 Å². The first kappa shape index (κ1) is 12.8. The average Bonchev–Trinajstić information content (AvgIpc) is 2.46. The molecular formula is C16H16N2O2. The number of hydrogen-bond donors (Lipinski definition) is 1. The molecule has 0 amide bonds. The van der Waals surface area contributed by atoms with Gasteiger partial charge in [0.1, 0.15) is 5.82 Å². The van der Waals surface area contributed by atoms with Crippen LogP contribution >= 0.6 is 0 Å². The van der Waals surface area contributed by atoms with Crippen LogP contribution in [0.2, 0.25) is 0 Å². The minimum Gasteiger partial charge on any atom is -0.477 e. The molecule has 1 aliphatic carbocycles. The third kappa shape index (κ3) is 2.41. The third-order valence-corrected chi connectivity index (χ3v) is 3.80. The summed E-state index contributed by atoms with van der Waals surface area (Å²) in [6.07, 6.45) is 2.86. The van der Waals surface area contributed by atoms with E-state index in [-0.39, 0.29) is 11.6 Å². The number of rotatable bonds is 2. The summed E-state index contributed by atoms with van der Waals surface area (Å²) in [7, 11) is 0. The molecule has 1 aliphatic rings.